The van der Waals surface area contributed by atoms with Gasteiger partial charge in [-0.1, -0.05) is 0 Å². The van der Waals surface area contributed by atoms with Crippen LogP contribution in [0.3, 0.4) is 0 Å². The lowest BCUT2D eigenvalue weighted by atomic mass is 15.8. The summed E-state index contributed by atoms with van der Waals surface area (Å²) in [5.74, 6) is 0. The molecule has 0 aliphatic carbocycles. The molecular formula is H5F9O7P4S. The van der Waals surface area contributed by atoms with E-state index in [2.05, 4.69) is 0 Å². The van der Waals surface area contributed by atoms with Crippen LogP contribution in [0, 0.1) is 0 Å². The summed E-state index contributed by atoms with van der Waals surface area (Å²) in [4.78, 5) is 14.3. The van der Waals surface area contributed by atoms with E-state index in [4.69, 9.17) is 31.9 Å². The van der Waals surface area contributed by atoms with Crippen molar-refractivity contribution in [2.75, 3.05) is 0 Å². The van der Waals surface area contributed by atoms with E-state index in [1.165, 1.54) is 0 Å². The maximum Gasteiger partial charge on any atom is 0.456 e. The lowest BCUT2D eigenvalue weighted by molar-refractivity contribution is 0.380. The minimum absolute atomic E-state index is 3.13. The molecule has 0 aromatic heterocycles. The van der Waals surface area contributed by atoms with E-state index in [0.29, 0.717) is 0 Å². The molecule has 0 unspecified atom stereocenters. The largest absolute Gasteiger partial charge is 0.456 e. The first-order chi connectivity index (χ1) is 8.93. The molecule has 0 bridgehead atoms. The second-order valence-corrected chi connectivity index (χ2v) is 3.92. The molecular weight excluding hydrogens is 439 g/mol. The number of halogens is 9. The molecule has 0 amide bonds. The Morgan fingerprint density at radius 3 is 0.667 bits per heavy atom. The van der Waals surface area contributed by atoms with Crippen LogP contribution in [0.4, 0.5) is 37.8 Å². The number of hydrogen-bond acceptors (Lipinski definition) is 3. The van der Waals surface area contributed by atoms with Crippen LogP contribution in [-0.2, 0) is 15.0 Å². The predicted octanol–water partition coefficient (Wildman–Crippen LogP) is 5.07. The Morgan fingerprint density at radius 2 is 0.667 bits per heavy atom. The smallest absolute Gasteiger partial charge is 0.326 e. The Balaban J connectivity index is -0.0000000510. The van der Waals surface area contributed by atoms with Crippen LogP contribution in [0.2, 0.25) is 0 Å². The van der Waals surface area contributed by atoms with Crippen molar-refractivity contribution in [1.82, 2.24) is 0 Å². The van der Waals surface area contributed by atoms with Crippen LogP contribution in [0.25, 0.3) is 0 Å². The molecule has 0 aromatic carbocycles. The van der Waals surface area contributed by atoms with Gasteiger partial charge >= 0.3 is 45.2 Å². The van der Waals surface area contributed by atoms with Crippen LogP contribution in [0.5, 0.6) is 0 Å². The summed E-state index contributed by atoms with van der Waals surface area (Å²) in [6, 6.07) is 0. The summed E-state index contributed by atoms with van der Waals surface area (Å²) >= 11 is 0. The summed E-state index contributed by atoms with van der Waals surface area (Å²) in [7, 11) is -20.2. The first kappa shape index (κ1) is 33.3. The topological polar surface area (TPSA) is 132 Å². The van der Waals surface area contributed by atoms with Crippen LogP contribution in [-0.4, -0.2) is 27.3 Å². The highest BCUT2D eigenvalue weighted by molar-refractivity contribution is 7.79. The van der Waals surface area contributed by atoms with E-state index in [-0.39, 0.29) is 0 Å². The third-order valence-electron chi connectivity index (χ3n) is 0. The zero-order valence-corrected chi connectivity index (χ0v) is 13.2. The van der Waals surface area contributed by atoms with Gasteiger partial charge in [-0.15, -0.1) is 0 Å². The van der Waals surface area contributed by atoms with Crippen molar-refractivity contribution in [3.63, 3.8) is 0 Å². The van der Waals surface area contributed by atoms with E-state index in [0.717, 1.165) is 0 Å². The van der Waals surface area contributed by atoms with Gasteiger partial charge < -0.3 is 9.79 Å². The van der Waals surface area contributed by atoms with Gasteiger partial charge in [0.05, 0.1) is 0 Å². The zero-order valence-electron chi connectivity index (χ0n) is 8.67. The number of rotatable bonds is 0. The third kappa shape index (κ3) is 15600. The summed E-state index contributed by atoms with van der Waals surface area (Å²) in [5.41, 5.74) is 0. The molecule has 0 aromatic rings. The molecule has 0 atom stereocenters. The van der Waals surface area contributed by atoms with Crippen molar-refractivity contribution in [1.29, 1.82) is 0 Å². The van der Waals surface area contributed by atoms with Gasteiger partial charge in [-0.05, 0) is 0 Å². The van der Waals surface area contributed by atoms with Gasteiger partial charge in [0.25, 0.3) is 0 Å². The van der Waals surface area contributed by atoms with E-state index in [1.54, 1.807) is 0 Å². The fourth-order valence-corrected chi connectivity index (χ4v) is 0. The van der Waals surface area contributed by atoms with Crippen molar-refractivity contribution in [2.45, 2.75) is 0 Å². The molecule has 0 radical (unpaired) electrons. The highest BCUT2D eigenvalue weighted by Crippen LogP contribution is 2.39. The first-order valence-electron chi connectivity index (χ1n) is 2.87. The Labute approximate surface area is 116 Å². The van der Waals surface area contributed by atoms with Crippen molar-refractivity contribution >= 4 is 45.2 Å². The monoisotopic (exact) mass is 444 g/mol. The molecule has 0 aliphatic heterocycles. The standard InChI is InChI=1S/3F3P.H2O4S.H3O3P/c3*1-4(2)3;1-5(2,3)4;1-4(2)3/h;;;(H2,1,2,3,4);4H,(H2,1,2,3). The molecule has 21 heavy (non-hydrogen) atoms. The molecule has 0 saturated carbocycles. The van der Waals surface area contributed by atoms with Gasteiger partial charge in [-0.3, -0.25) is 13.7 Å². The van der Waals surface area contributed by atoms with E-state index >= 15 is 0 Å². The van der Waals surface area contributed by atoms with Crippen LogP contribution in [0.15, 0.2) is 0 Å². The Morgan fingerprint density at radius 1 is 0.667 bits per heavy atom. The molecule has 0 spiro atoms. The van der Waals surface area contributed by atoms with Crippen molar-refractivity contribution in [2.24, 2.45) is 0 Å². The lowest BCUT2D eigenvalue weighted by Crippen LogP contribution is -1.89. The predicted molar refractivity (Wildman–Crippen MR) is 58.3 cm³/mol. The van der Waals surface area contributed by atoms with Gasteiger partial charge in [0.1, 0.15) is 0 Å². The fourth-order valence-electron chi connectivity index (χ4n) is 0. The zero-order chi connectivity index (χ0) is 18.8. The Bertz CT molecular complexity index is 260. The molecule has 0 fully saturated rings. The van der Waals surface area contributed by atoms with Gasteiger partial charge in [-0.25, -0.2) is 0 Å². The highest BCUT2D eigenvalue weighted by atomic mass is 32.3. The van der Waals surface area contributed by atoms with Crippen LogP contribution < -0.4 is 0 Å². The SMILES string of the molecule is FP(F)F.FP(F)F.FP(F)F.O=S(=O)(O)O.O=[PH](O)O. The third-order valence-corrected chi connectivity index (χ3v) is 0. The first-order valence-corrected chi connectivity index (χ1v) is 8.61. The summed E-state index contributed by atoms with van der Waals surface area (Å²) in [6.07, 6.45) is 0. The molecule has 4 N–H and O–H groups in total. The molecule has 7 nitrogen and oxygen atoms in total. The maximum absolute atomic E-state index is 9.73. The minimum atomic E-state index is -4.67. The maximum atomic E-state index is 9.73. The number of hydrogen-bond donors (Lipinski definition) is 4. The van der Waals surface area contributed by atoms with Crippen molar-refractivity contribution < 1.29 is 69.6 Å². The molecule has 0 rings (SSSR count). The van der Waals surface area contributed by atoms with Gasteiger partial charge in [0.2, 0.25) is 0 Å². The summed E-state index contributed by atoms with van der Waals surface area (Å²) in [5, 5.41) is 0. The highest BCUT2D eigenvalue weighted by Gasteiger charge is 1.92. The van der Waals surface area contributed by atoms with Gasteiger partial charge in [-0.2, -0.15) is 46.2 Å². The molecule has 0 aliphatic rings. The normalized spacial score (nSPS) is 9.57. The average molecular weight is 444 g/mol. The van der Waals surface area contributed by atoms with E-state index < -0.39 is 45.2 Å². The Kier molecular flexibility index (Phi) is 36.4. The molecule has 136 valence electrons. The molecule has 0 saturated heterocycles. The van der Waals surface area contributed by atoms with Gasteiger partial charge in [0.15, 0.2) is 0 Å². The quantitative estimate of drug-likeness (QED) is 0.233. The van der Waals surface area contributed by atoms with E-state index in [9.17, 15) is 37.8 Å². The lowest BCUT2D eigenvalue weighted by Gasteiger charge is -1.68. The van der Waals surface area contributed by atoms with Crippen LogP contribution >= 0.6 is 34.8 Å². The van der Waals surface area contributed by atoms with Crippen LogP contribution in [0.1, 0.15) is 0 Å². The van der Waals surface area contributed by atoms with Crippen molar-refractivity contribution in [3.05, 3.63) is 0 Å². The fraction of sp³-hybridized carbons (Fsp3) is 0. The average Bonchev–Trinajstić information content (AvgIpc) is 1.91. The Hall–Kier alpha value is 0.680. The second-order valence-electron chi connectivity index (χ2n) is 1.31. The second kappa shape index (κ2) is 23.0. The molecule has 21 heteroatoms. The molecule has 0 heterocycles. The summed E-state index contributed by atoms with van der Waals surface area (Å²) < 4.78 is 128. The van der Waals surface area contributed by atoms with E-state index in [1.807, 2.05) is 0 Å². The summed E-state index contributed by atoms with van der Waals surface area (Å²) in [6.45, 7) is 0. The van der Waals surface area contributed by atoms with Gasteiger partial charge in [0, 0.05) is 0 Å². The van der Waals surface area contributed by atoms with Crippen molar-refractivity contribution in [3.8, 4) is 0 Å². The minimum Gasteiger partial charge on any atom is -0.326 e.